The second kappa shape index (κ2) is 3.21. The summed E-state index contributed by atoms with van der Waals surface area (Å²) in [4.78, 5) is 4.66. The zero-order chi connectivity index (χ0) is 9.19. The van der Waals surface area contributed by atoms with Crippen molar-refractivity contribution in [1.29, 1.82) is 0 Å². The van der Waals surface area contributed by atoms with Gasteiger partial charge >= 0.3 is 0 Å². The number of rotatable bonds is 2. The number of nitrogens with two attached hydrogens (primary N) is 1. The Morgan fingerprint density at radius 3 is 2.42 bits per heavy atom. The van der Waals surface area contributed by atoms with E-state index in [1.165, 1.54) is 6.07 Å². The zero-order valence-electron chi connectivity index (χ0n) is 7.17. The Morgan fingerprint density at radius 1 is 1.33 bits per heavy atom. The van der Waals surface area contributed by atoms with Gasteiger partial charge in [0.2, 0.25) is 0 Å². The van der Waals surface area contributed by atoms with Gasteiger partial charge in [-0.1, -0.05) is 18.2 Å². The van der Waals surface area contributed by atoms with Gasteiger partial charge in [-0.25, -0.2) is 10.3 Å². The molecular weight excluding hydrogens is 157 g/mol. The number of hydrogen-bond acceptors (Lipinski definition) is 2. The molecule has 3 heteroatoms. The summed E-state index contributed by atoms with van der Waals surface area (Å²) in [6.45, 7) is 3.43. The van der Waals surface area contributed by atoms with Crippen molar-refractivity contribution in [3.63, 3.8) is 0 Å². The van der Waals surface area contributed by atoms with Gasteiger partial charge in [-0.3, -0.25) is 4.84 Å². The molecule has 0 saturated heterocycles. The Labute approximate surface area is 71.1 Å². The lowest BCUT2D eigenvalue weighted by atomic mass is 9.98. The Balaban J connectivity index is 3.10. The summed E-state index contributed by atoms with van der Waals surface area (Å²) in [6, 6.07) is 6.42. The first-order valence-electron chi connectivity index (χ1n) is 3.71. The highest BCUT2D eigenvalue weighted by Crippen LogP contribution is 2.24. The van der Waals surface area contributed by atoms with E-state index in [1.807, 2.05) is 0 Å². The molecule has 0 aliphatic rings. The summed E-state index contributed by atoms with van der Waals surface area (Å²) < 4.78 is 13.1. The predicted octanol–water partition coefficient (Wildman–Crippen LogP) is 1.95. The van der Waals surface area contributed by atoms with Crippen LogP contribution in [0.5, 0.6) is 0 Å². The summed E-state index contributed by atoms with van der Waals surface area (Å²) in [5.41, 5.74) is -0.307. The topological polar surface area (TPSA) is 35.2 Å². The summed E-state index contributed by atoms with van der Waals surface area (Å²) in [7, 11) is 0. The van der Waals surface area contributed by atoms with Gasteiger partial charge in [-0.15, -0.1) is 0 Å². The number of hydrogen-bond donors (Lipinski definition) is 1. The molecule has 0 unspecified atom stereocenters. The maximum absolute atomic E-state index is 13.1. The third-order valence-electron chi connectivity index (χ3n) is 1.82. The van der Waals surface area contributed by atoms with Crippen LogP contribution in [0.2, 0.25) is 0 Å². The third kappa shape index (κ3) is 1.62. The van der Waals surface area contributed by atoms with E-state index in [1.54, 1.807) is 32.0 Å². The highest BCUT2D eigenvalue weighted by atomic mass is 19.1. The highest BCUT2D eigenvalue weighted by Gasteiger charge is 2.23. The van der Waals surface area contributed by atoms with Crippen molar-refractivity contribution in [2.24, 2.45) is 5.90 Å². The molecule has 12 heavy (non-hydrogen) atoms. The van der Waals surface area contributed by atoms with E-state index in [0.29, 0.717) is 5.56 Å². The van der Waals surface area contributed by atoms with E-state index in [4.69, 9.17) is 5.90 Å². The molecule has 0 radical (unpaired) electrons. The molecule has 0 amide bonds. The lowest BCUT2D eigenvalue weighted by Gasteiger charge is -2.22. The highest BCUT2D eigenvalue weighted by molar-refractivity contribution is 5.22. The largest absolute Gasteiger partial charge is 0.294 e. The van der Waals surface area contributed by atoms with Crippen LogP contribution >= 0.6 is 0 Å². The lowest BCUT2D eigenvalue weighted by Crippen LogP contribution is -2.26. The Morgan fingerprint density at radius 2 is 1.92 bits per heavy atom. The van der Waals surface area contributed by atoms with Crippen molar-refractivity contribution in [3.8, 4) is 0 Å². The first kappa shape index (κ1) is 9.16. The maximum atomic E-state index is 13.1. The van der Waals surface area contributed by atoms with Crippen LogP contribution in [0.15, 0.2) is 24.3 Å². The third-order valence-corrected chi connectivity index (χ3v) is 1.82. The molecule has 0 atom stereocenters. The molecule has 0 aromatic heterocycles. The van der Waals surface area contributed by atoms with E-state index in [2.05, 4.69) is 4.84 Å². The van der Waals surface area contributed by atoms with Gasteiger partial charge in [0.25, 0.3) is 0 Å². The molecule has 1 aromatic carbocycles. The van der Waals surface area contributed by atoms with Crippen LogP contribution in [0, 0.1) is 5.82 Å². The summed E-state index contributed by atoms with van der Waals surface area (Å²) >= 11 is 0. The Hall–Kier alpha value is -0.930. The van der Waals surface area contributed by atoms with Gasteiger partial charge in [-0.2, -0.15) is 0 Å². The molecule has 1 rings (SSSR count). The summed E-state index contributed by atoms with van der Waals surface area (Å²) in [6.07, 6.45) is 0. The van der Waals surface area contributed by atoms with Gasteiger partial charge in [-0.05, 0) is 19.9 Å². The van der Waals surface area contributed by atoms with Gasteiger partial charge < -0.3 is 0 Å². The minimum Gasteiger partial charge on any atom is -0.294 e. The number of halogens is 1. The fraction of sp³-hybridized carbons (Fsp3) is 0.333. The molecule has 0 aliphatic heterocycles. The van der Waals surface area contributed by atoms with Crippen LogP contribution < -0.4 is 5.90 Å². The first-order chi connectivity index (χ1) is 5.58. The maximum Gasteiger partial charge on any atom is 0.129 e. The van der Waals surface area contributed by atoms with Crippen molar-refractivity contribution < 1.29 is 9.23 Å². The van der Waals surface area contributed by atoms with E-state index in [-0.39, 0.29) is 5.82 Å². The Bertz CT molecular complexity index is 273. The summed E-state index contributed by atoms with van der Waals surface area (Å²) in [5.74, 6) is 4.74. The van der Waals surface area contributed by atoms with Crippen LogP contribution in [0.1, 0.15) is 19.4 Å². The SMILES string of the molecule is CC(C)(ON)c1ccccc1F. The zero-order valence-corrected chi connectivity index (χ0v) is 7.17. The molecule has 2 nitrogen and oxygen atoms in total. The Kier molecular flexibility index (Phi) is 2.45. The fourth-order valence-corrected chi connectivity index (χ4v) is 1.01. The summed E-state index contributed by atoms with van der Waals surface area (Å²) in [5, 5.41) is 0. The predicted molar refractivity (Wildman–Crippen MR) is 44.7 cm³/mol. The van der Waals surface area contributed by atoms with Crippen LogP contribution in [0.25, 0.3) is 0 Å². The molecule has 2 N–H and O–H groups in total. The molecule has 0 bridgehead atoms. The number of benzene rings is 1. The minimum absolute atomic E-state index is 0.298. The normalized spacial score (nSPS) is 11.7. The average Bonchev–Trinajstić information content (AvgIpc) is 2.05. The van der Waals surface area contributed by atoms with E-state index >= 15 is 0 Å². The molecule has 0 aliphatic carbocycles. The van der Waals surface area contributed by atoms with Crippen LogP contribution in [0.4, 0.5) is 4.39 Å². The minimum atomic E-state index is -0.772. The molecule has 0 saturated carbocycles. The van der Waals surface area contributed by atoms with Gasteiger partial charge in [0.05, 0.1) is 0 Å². The standard InChI is InChI=1S/C9H12FNO/c1-9(2,12-11)7-5-3-4-6-8(7)10/h3-6H,11H2,1-2H3. The van der Waals surface area contributed by atoms with Crippen LogP contribution in [-0.2, 0) is 10.4 Å². The lowest BCUT2D eigenvalue weighted by molar-refractivity contribution is -0.0260. The van der Waals surface area contributed by atoms with E-state index < -0.39 is 5.60 Å². The molecule has 0 heterocycles. The van der Waals surface area contributed by atoms with Crippen molar-refractivity contribution in [3.05, 3.63) is 35.6 Å². The van der Waals surface area contributed by atoms with E-state index in [0.717, 1.165) is 0 Å². The van der Waals surface area contributed by atoms with Crippen LogP contribution in [-0.4, -0.2) is 0 Å². The van der Waals surface area contributed by atoms with Crippen LogP contribution in [0.3, 0.4) is 0 Å². The molecule has 1 aromatic rings. The van der Waals surface area contributed by atoms with E-state index in [9.17, 15) is 4.39 Å². The quantitative estimate of drug-likeness (QED) is 0.687. The molecule has 66 valence electrons. The van der Waals surface area contributed by atoms with Gasteiger partial charge in [0.15, 0.2) is 0 Å². The van der Waals surface area contributed by atoms with Crippen molar-refractivity contribution in [1.82, 2.24) is 0 Å². The van der Waals surface area contributed by atoms with Crippen molar-refractivity contribution >= 4 is 0 Å². The van der Waals surface area contributed by atoms with Gasteiger partial charge in [0, 0.05) is 5.56 Å². The first-order valence-corrected chi connectivity index (χ1v) is 3.71. The smallest absolute Gasteiger partial charge is 0.129 e. The van der Waals surface area contributed by atoms with Gasteiger partial charge in [0.1, 0.15) is 11.4 Å². The fourth-order valence-electron chi connectivity index (χ4n) is 1.01. The molecular formula is C9H12FNO. The second-order valence-electron chi connectivity index (χ2n) is 3.11. The van der Waals surface area contributed by atoms with Crippen molar-refractivity contribution in [2.75, 3.05) is 0 Å². The monoisotopic (exact) mass is 169 g/mol. The molecule has 0 spiro atoms. The van der Waals surface area contributed by atoms with Crippen molar-refractivity contribution in [2.45, 2.75) is 19.4 Å². The average molecular weight is 169 g/mol. The second-order valence-corrected chi connectivity index (χ2v) is 3.11. The molecule has 0 fully saturated rings.